The fourth-order valence-electron chi connectivity index (χ4n) is 2.94. The lowest BCUT2D eigenvalue weighted by molar-refractivity contribution is 0.00578. The van der Waals surface area contributed by atoms with Crippen molar-refractivity contribution in [1.29, 1.82) is 0 Å². The van der Waals surface area contributed by atoms with Gasteiger partial charge in [0.2, 0.25) is 0 Å². The van der Waals surface area contributed by atoms with Crippen molar-refractivity contribution in [2.45, 2.75) is 65.3 Å². The quantitative estimate of drug-likeness (QED) is 0.614. The van der Waals surface area contributed by atoms with Gasteiger partial charge < -0.3 is 23.8 Å². The van der Waals surface area contributed by atoms with E-state index in [0.29, 0.717) is 26.2 Å². The van der Waals surface area contributed by atoms with E-state index >= 15 is 0 Å². The van der Waals surface area contributed by atoms with Crippen molar-refractivity contribution in [1.82, 2.24) is 9.88 Å². The van der Waals surface area contributed by atoms with Crippen LogP contribution < -0.4 is 9.68 Å². The first-order valence-electron chi connectivity index (χ1n) is 9.54. The maximum Gasteiger partial charge on any atom is 0.508 e. The van der Waals surface area contributed by atoms with Crippen LogP contribution in [0.2, 0.25) is 0 Å². The molecule has 10 heteroatoms. The molecule has 1 aromatic rings. The van der Waals surface area contributed by atoms with Gasteiger partial charge >= 0.3 is 13.2 Å². The van der Waals surface area contributed by atoms with Crippen LogP contribution in [0.1, 0.15) is 48.5 Å². The summed E-state index contributed by atoms with van der Waals surface area (Å²) in [5.41, 5.74) is -1.26. The number of thiazole rings is 1. The fourth-order valence-corrected chi connectivity index (χ4v) is 4.62. The van der Waals surface area contributed by atoms with E-state index in [2.05, 4.69) is 25.8 Å². The van der Waals surface area contributed by atoms with Crippen LogP contribution >= 0.6 is 27.3 Å². The van der Waals surface area contributed by atoms with Crippen LogP contribution in [0.3, 0.4) is 0 Å². The van der Waals surface area contributed by atoms with Crippen molar-refractivity contribution >= 4 is 50.4 Å². The van der Waals surface area contributed by atoms with Gasteiger partial charge in [-0.15, -0.1) is 11.3 Å². The van der Waals surface area contributed by atoms with Gasteiger partial charge in [0.15, 0.2) is 5.13 Å². The molecule has 0 N–H and O–H groups in total. The maximum atomic E-state index is 12.2. The molecule has 3 rings (SSSR count). The van der Waals surface area contributed by atoms with Gasteiger partial charge in [-0.2, -0.15) is 0 Å². The lowest BCUT2D eigenvalue weighted by Crippen LogP contribution is -2.50. The summed E-state index contributed by atoms with van der Waals surface area (Å²) >= 11 is 5.13. The normalized spacial score (nSPS) is 21.9. The van der Waals surface area contributed by atoms with Crippen LogP contribution in [-0.2, 0) is 14.0 Å². The minimum absolute atomic E-state index is 0.259. The Morgan fingerprint density at radius 3 is 2.18 bits per heavy atom. The Morgan fingerprint density at radius 2 is 1.68 bits per heavy atom. The number of nitrogens with zero attached hydrogens (tertiary/aromatic N) is 3. The summed E-state index contributed by atoms with van der Waals surface area (Å²) in [7, 11) is -0.436. The van der Waals surface area contributed by atoms with Crippen LogP contribution in [-0.4, -0.2) is 66.1 Å². The summed E-state index contributed by atoms with van der Waals surface area (Å²) in [6.07, 6.45) is -0.259. The highest BCUT2D eigenvalue weighted by molar-refractivity contribution is 9.10. The molecule has 0 unspecified atom stereocenters. The largest absolute Gasteiger partial charge is 0.508 e. The highest BCUT2D eigenvalue weighted by Crippen LogP contribution is 2.38. The van der Waals surface area contributed by atoms with E-state index in [-0.39, 0.29) is 17.3 Å². The molecule has 0 radical (unpaired) electrons. The summed E-state index contributed by atoms with van der Waals surface area (Å²) in [6, 6.07) is 0. The van der Waals surface area contributed by atoms with Gasteiger partial charge in [0, 0.05) is 26.2 Å². The monoisotopic (exact) mass is 473 g/mol. The molecule has 0 bridgehead atoms. The van der Waals surface area contributed by atoms with Crippen LogP contribution in [0, 0.1) is 0 Å². The van der Waals surface area contributed by atoms with E-state index < -0.39 is 12.7 Å². The minimum Gasteiger partial charge on any atom is -0.444 e. The number of ether oxygens (including phenoxy) is 1. The predicted octanol–water partition coefficient (Wildman–Crippen LogP) is 3.26. The lowest BCUT2D eigenvalue weighted by atomic mass is 9.89. The Hall–Kier alpha value is -0.835. The lowest BCUT2D eigenvalue weighted by Gasteiger charge is -2.35. The van der Waals surface area contributed by atoms with Gasteiger partial charge in [-0.05, 0) is 64.4 Å². The number of amides is 1. The van der Waals surface area contributed by atoms with Crippen molar-refractivity contribution < 1.29 is 18.8 Å². The fraction of sp³-hybridized carbons (Fsp3) is 0.778. The smallest absolute Gasteiger partial charge is 0.444 e. The second-order valence-electron chi connectivity index (χ2n) is 9.19. The van der Waals surface area contributed by atoms with Crippen molar-refractivity contribution in [2.24, 2.45) is 0 Å². The van der Waals surface area contributed by atoms with Gasteiger partial charge in [-0.1, -0.05) is 0 Å². The highest BCUT2D eigenvalue weighted by Gasteiger charge is 2.53. The number of aromatic nitrogens is 1. The molecule has 2 saturated heterocycles. The van der Waals surface area contributed by atoms with Gasteiger partial charge in [-0.3, -0.25) is 0 Å². The van der Waals surface area contributed by atoms with Gasteiger partial charge in [0.25, 0.3) is 0 Å². The van der Waals surface area contributed by atoms with E-state index in [1.807, 2.05) is 48.5 Å². The number of anilines is 1. The van der Waals surface area contributed by atoms with Crippen molar-refractivity contribution in [3.8, 4) is 0 Å². The highest BCUT2D eigenvalue weighted by atomic mass is 79.9. The molecule has 0 saturated carbocycles. The standard InChI is InChI=1S/C18H29BBrN3O4S/c1-16(2,3)25-15(24)23-10-8-22(9-11-23)14-21-13(20)12(28-14)19-26-17(4,5)18(6,7)27-19/h8-11H2,1-7H3. The Bertz CT molecular complexity index is 726. The molecule has 2 fully saturated rings. The average Bonchev–Trinajstić information content (AvgIpc) is 3.03. The summed E-state index contributed by atoms with van der Waals surface area (Å²) in [6.45, 7) is 16.4. The van der Waals surface area contributed by atoms with E-state index in [1.54, 1.807) is 16.2 Å². The third kappa shape index (κ3) is 4.50. The second kappa shape index (κ2) is 7.45. The molecule has 0 atom stereocenters. The van der Waals surface area contributed by atoms with Crippen molar-refractivity contribution in [2.75, 3.05) is 31.1 Å². The molecule has 7 nitrogen and oxygen atoms in total. The van der Waals surface area contributed by atoms with E-state index in [9.17, 15) is 4.79 Å². The topological polar surface area (TPSA) is 64.1 Å². The Labute approximate surface area is 180 Å². The third-order valence-electron chi connectivity index (χ3n) is 5.27. The zero-order valence-electron chi connectivity index (χ0n) is 17.7. The van der Waals surface area contributed by atoms with Crippen LogP contribution in [0.25, 0.3) is 0 Å². The molecular weight excluding hydrogens is 445 g/mol. The molecule has 1 amide bonds. The molecule has 28 heavy (non-hydrogen) atoms. The molecular formula is C18H29BBrN3O4S. The molecule has 0 aliphatic carbocycles. The predicted molar refractivity (Wildman–Crippen MR) is 116 cm³/mol. The van der Waals surface area contributed by atoms with E-state index in [1.165, 1.54) is 0 Å². The second-order valence-corrected chi connectivity index (χ2v) is 11.0. The summed E-state index contributed by atoms with van der Waals surface area (Å²) < 4.78 is 19.5. The minimum atomic E-state index is -0.480. The molecule has 2 aliphatic rings. The third-order valence-corrected chi connectivity index (χ3v) is 7.27. The molecule has 1 aromatic heterocycles. The number of halogens is 1. The van der Waals surface area contributed by atoms with Gasteiger partial charge in [-0.25, -0.2) is 9.78 Å². The van der Waals surface area contributed by atoms with E-state index in [4.69, 9.17) is 14.0 Å². The average molecular weight is 474 g/mol. The number of hydrogen-bond donors (Lipinski definition) is 0. The Balaban J connectivity index is 1.64. The summed E-state index contributed by atoms with van der Waals surface area (Å²) in [5, 5.41) is 0.903. The van der Waals surface area contributed by atoms with E-state index in [0.717, 1.165) is 14.5 Å². The number of carbonyl (C=O) groups is 1. The summed E-state index contributed by atoms with van der Waals surface area (Å²) in [5.74, 6) is 0. The molecule has 3 heterocycles. The first kappa shape index (κ1) is 21.9. The maximum absolute atomic E-state index is 12.2. The molecule has 156 valence electrons. The van der Waals surface area contributed by atoms with Crippen LogP contribution in [0.5, 0.6) is 0 Å². The number of hydrogen-bond acceptors (Lipinski definition) is 7. The molecule has 0 spiro atoms. The number of rotatable bonds is 2. The summed E-state index contributed by atoms with van der Waals surface area (Å²) in [4.78, 5) is 20.8. The number of carbonyl (C=O) groups excluding carboxylic acids is 1. The zero-order valence-corrected chi connectivity index (χ0v) is 20.1. The van der Waals surface area contributed by atoms with Crippen molar-refractivity contribution in [3.63, 3.8) is 0 Å². The first-order chi connectivity index (χ1) is 12.8. The number of piperazine rings is 1. The first-order valence-corrected chi connectivity index (χ1v) is 11.1. The molecule has 2 aliphatic heterocycles. The zero-order chi connectivity index (χ0) is 20.9. The molecule has 0 aromatic carbocycles. The Kier molecular flexibility index (Phi) is 5.82. The Morgan fingerprint density at radius 1 is 1.14 bits per heavy atom. The van der Waals surface area contributed by atoms with Gasteiger partial charge in [0.1, 0.15) is 10.2 Å². The SMILES string of the molecule is CC(C)(C)OC(=O)N1CCN(c2nc(Br)c(B3OC(C)(C)C(C)(C)O3)s2)CC1. The van der Waals surface area contributed by atoms with Crippen LogP contribution in [0.4, 0.5) is 9.93 Å². The van der Waals surface area contributed by atoms with Gasteiger partial charge in [0.05, 0.1) is 16.0 Å². The van der Waals surface area contributed by atoms with Crippen LogP contribution in [0.15, 0.2) is 4.60 Å². The van der Waals surface area contributed by atoms with Crippen molar-refractivity contribution in [3.05, 3.63) is 4.60 Å².